The van der Waals surface area contributed by atoms with Gasteiger partial charge in [-0.15, -0.1) is 0 Å². The molecule has 0 aliphatic carbocycles. The summed E-state index contributed by atoms with van der Waals surface area (Å²) in [6.07, 6.45) is 0. The van der Waals surface area contributed by atoms with Crippen LogP contribution in [0.2, 0.25) is 0 Å². The molecule has 0 radical (unpaired) electrons. The smallest absolute Gasteiger partial charge is 0.143 e. The van der Waals surface area contributed by atoms with Crippen LogP contribution in [0.25, 0.3) is 82.3 Å². The molecule has 0 saturated carbocycles. The summed E-state index contributed by atoms with van der Waals surface area (Å²) in [6, 6.07) is 45.7. The van der Waals surface area contributed by atoms with Gasteiger partial charge in [0.1, 0.15) is 11.2 Å². The summed E-state index contributed by atoms with van der Waals surface area (Å²) in [6.45, 7) is 0. The fourth-order valence-corrected chi connectivity index (χ4v) is 6.49. The van der Waals surface area contributed by atoms with Gasteiger partial charge >= 0.3 is 0 Å². The lowest BCUT2D eigenvalue weighted by Gasteiger charge is -2.05. The van der Waals surface area contributed by atoms with Gasteiger partial charge in [0.05, 0.1) is 16.6 Å². The Hall–Kier alpha value is -5.08. The molecule has 0 spiro atoms. The highest BCUT2D eigenvalue weighted by Gasteiger charge is 2.19. The molecule has 38 heavy (non-hydrogen) atoms. The van der Waals surface area contributed by atoms with E-state index in [1.54, 1.807) is 0 Å². The van der Waals surface area contributed by atoms with Crippen LogP contribution in [0, 0.1) is 0 Å². The summed E-state index contributed by atoms with van der Waals surface area (Å²) >= 11 is 0. The molecule has 0 aliphatic rings. The van der Waals surface area contributed by atoms with E-state index in [2.05, 4.69) is 126 Å². The molecule has 0 atom stereocenters. The third kappa shape index (κ3) is 2.51. The first kappa shape index (κ1) is 20.0. The van der Waals surface area contributed by atoms with Crippen molar-refractivity contribution in [3.05, 3.63) is 127 Å². The lowest BCUT2D eigenvalue weighted by atomic mass is 9.99. The molecule has 3 heterocycles. The predicted octanol–water partition coefficient (Wildman–Crippen LogP) is 10.1. The molecule has 9 rings (SSSR count). The molecule has 2 nitrogen and oxygen atoms in total. The Morgan fingerprint density at radius 2 is 0.974 bits per heavy atom. The molecule has 0 fully saturated rings. The molecule has 9 aromatic rings. The lowest BCUT2D eigenvalue weighted by molar-refractivity contribution is 0.671. The van der Waals surface area contributed by atoms with E-state index in [0.29, 0.717) is 0 Å². The maximum atomic E-state index is 6.71. The fraction of sp³-hybridized carbons (Fsp3) is 0. The molecular formula is C36H21NO. The Morgan fingerprint density at radius 1 is 0.395 bits per heavy atom. The number of benzene rings is 6. The van der Waals surface area contributed by atoms with Crippen molar-refractivity contribution < 1.29 is 4.42 Å². The van der Waals surface area contributed by atoms with Crippen molar-refractivity contribution in [1.82, 2.24) is 4.40 Å². The second-order valence-corrected chi connectivity index (χ2v) is 10.1. The van der Waals surface area contributed by atoms with E-state index in [0.717, 1.165) is 44.2 Å². The van der Waals surface area contributed by atoms with Crippen LogP contribution >= 0.6 is 0 Å². The lowest BCUT2D eigenvalue weighted by Crippen LogP contribution is -1.83. The molecule has 2 heteroatoms. The van der Waals surface area contributed by atoms with E-state index in [-0.39, 0.29) is 0 Å². The van der Waals surface area contributed by atoms with Gasteiger partial charge in [0, 0.05) is 43.4 Å². The minimum Gasteiger partial charge on any atom is -0.455 e. The van der Waals surface area contributed by atoms with Crippen LogP contribution in [0.1, 0.15) is 0 Å². The average molecular weight is 484 g/mol. The number of aromatic nitrogens is 1. The van der Waals surface area contributed by atoms with Crippen LogP contribution in [-0.4, -0.2) is 4.40 Å². The third-order valence-corrected chi connectivity index (χ3v) is 8.14. The first-order chi connectivity index (χ1) is 18.9. The van der Waals surface area contributed by atoms with Gasteiger partial charge in [-0.05, 0) is 23.3 Å². The zero-order chi connectivity index (χ0) is 24.8. The molecular weight excluding hydrogens is 462 g/mol. The van der Waals surface area contributed by atoms with Gasteiger partial charge in [-0.2, -0.15) is 0 Å². The fourth-order valence-electron chi connectivity index (χ4n) is 6.49. The van der Waals surface area contributed by atoms with Crippen molar-refractivity contribution in [2.24, 2.45) is 0 Å². The monoisotopic (exact) mass is 483 g/mol. The highest BCUT2D eigenvalue weighted by atomic mass is 16.3. The van der Waals surface area contributed by atoms with Crippen molar-refractivity contribution >= 4 is 60.0 Å². The molecule has 0 aliphatic heterocycles. The van der Waals surface area contributed by atoms with Crippen LogP contribution in [0.4, 0.5) is 0 Å². The number of fused-ring (bicyclic) bond motifs is 9. The SMILES string of the molecule is c1ccc(-c2cccc3c2oc2c(-c4ccc5c6cccc7c8ccccc8n(c5c4)c76)cccc23)cc1. The number of para-hydroxylation sites is 4. The molecule has 6 aromatic carbocycles. The summed E-state index contributed by atoms with van der Waals surface area (Å²) in [7, 11) is 0. The van der Waals surface area contributed by atoms with E-state index in [9.17, 15) is 0 Å². The maximum Gasteiger partial charge on any atom is 0.143 e. The Labute approximate surface area is 218 Å². The van der Waals surface area contributed by atoms with Crippen LogP contribution in [0.5, 0.6) is 0 Å². The molecule has 3 aromatic heterocycles. The van der Waals surface area contributed by atoms with Crippen LogP contribution < -0.4 is 0 Å². The highest BCUT2D eigenvalue weighted by Crippen LogP contribution is 2.43. The average Bonchev–Trinajstić information content (AvgIpc) is 3.64. The van der Waals surface area contributed by atoms with E-state index < -0.39 is 0 Å². The van der Waals surface area contributed by atoms with Crippen molar-refractivity contribution in [2.75, 3.05) is 0 Å². The molecule has 0 N–H and O–H groups in total. The number of hydrogen-bond donors (Lipinski definition) is 0. The number of rotatable bonds is 2. The second kappa shape index (κ2) is 7.24. The summed E-state index contributed by atoms with van der Waals surface area (Å²) in [5, 5.41) is 7.48. The Balaban J connectivity index is 1.35. The van der Waals surface area contributed by atoms with E-state index >= 15 is 0 Å². The zero-order valence-electron chi connectivity index (χ0n) is 20.5. The minimum atomic E-state index is 0.934. The molecule has 176 valence electrons. The summed E-state index contributed by atoms with van der Waals surface area (Å²) in [5.41, 5.74) is 10.2. The third-order valence-electron chi connectivity index (χ3n) is 8.14. The van der Waals surface area contributed by atoms with Crippen molar-refractivity contribution in [1.29, 1.82) is 0 Å². The van der Waals surface area contributed by atoms with E-state index in [4.69, 9.17) is 4.42 Å². The van der Waals surface area contributed by atoms with Crippen LogP contribution in [-0.2, 0) is 0 Å². The molecule has 0 saturated heterocycles. The number of hydrogen-bond acceptors (Lipinski definition) is 1. The number of furan rings is 1. The van der Waals surface area contributed by atoms with Gasteiger partial charge in [-0.3, -0.25) is 0 Å². The first-order valence-corrected chi connectivity index (χ1v) is 13.0. The number of nitrogens with zero attached hydrogens (tertiary/aromatic N) is 1. The van der Waals surface area contributed by atoms with E-state index in [1.165, 1.54) is 38.1 Å². The largest absolute Gasteiger partial charge is 0.455 e. The van der Waals surface area contributed by atoms with Gasteiger partial charge < -0.3 is 8.82 Å². The summed E-state index contributed by atoms with van der Waals surface area (Å²) < 4.78 is 9.15. The van der Waals surface area contributed by atoms with Crippen LogP contribution in [0.15, 0.2) is 132 Å². The van der Waals surface area contributed by atoms with Crippen LogP contribution in [0.3, 0.4) is 0 Å². The van der Waals surface area contributed by atoms with E-state index in [1.807, 2.05) is 6.07 Å². The van der Waals surface area contributed by atoms with Crippen molar-refractivity contribution in [3.8, 4) is 22.3 Å². The Bertz CT molecular complexity index is 2340. The zero-order valence-corrected chi connectivity index (χ0v) is 20.5. The van der Waals surface area contributed by atoms with Gasteiger partial charge in [0.25, 0.3) is 0 Å². The maximum absolute atomic E-state index is 6.71. The molecule has 0 amide bonds. The first-order valence-electron chi connectivity index (χ1n) is 13.0. The van der Waals surface area contributed by atoms with Crippen molar-refractivity contribution in [2.45, 2.75) is 0 Å². The summed E-state index contributed by atoms with van der Waals surface area (Å²) in [4.78, 5) is 0. The topological polar surface area (TPSA) is 17.6 Å². The predicted molar refractivity (Wildman–Crippen MR) is 159 cm³/mol. The second-order valence-electron chi connectivity index (χ2n) is 10.1. The quantitative estimate of drug-likeness (QED) is 0.239. The Kier molecular flexibility index (Phi) is 3.82. The van der Waals surface area contributed by atoms with Gasteiger partial charge in [0.2, 0.25) is 0 Å². The highest BCUT2D eigenvalue weighted by molar-refractivity contribution is 6.23. The van der Waals surface area contributed by atoms with Gasteiger partial charge in [0.15, 0.2) is 0 Å². The van der Waals surface area contributed by atoms with Gasteiger partial charge in [-0.1, -0.05) is 115 Å². The standard InChI is InChI=1S/C36H21NO/c1-2-9-22(10-3-1)24-12-6-16-30-31-17-7-13-25(36(31)38-35(24)30)23-19-20-27-29-15-8-14-28-26-11-4-5-18-32(26)37(34(28)29)33(27)21-23/h1-21H. The minimum absolute atomic E-state index is 0.934. The van der Waals surface area contributed by atoms with Crippen molar-refractivity contribution in [3.63, 3.8) is 0 Å². The molecule has 0 bridgehead atoms. The summed E-state index contributed by atoms with van der Waals surface area (Å²) in [5.74, 6) is 0. The van der Waals surface area contributed by atoms with Gasteiger partial charge in [-0.25, -0.2) is 0 Å². The molecule has 0 unspecified atom stereocenters. The normalized spacial score (nSPS) is 12.2. The Morgan fingerprint density at radius 3 is 1.74 bits per heavy atom.